The van der Waals surface area contributed by atoms with Crippen LogP contribution in [0.15, 0.2) is 42.5 Å². The van der Waals surface area contributed by atoms with Crippen molar-refractivity contribution in [3.8, 4) is 0 Å². The van der Waals surface area contributed by atoms with Crippen LogP contribution in [0.2, 0.25) is 5.02 Å². The molecule has 1 amide bonds. The Kier molecular flexibility index (Phi) is 4.78. The number of aliphatic hydroxyl groups excluding tert-OH is 1. The Balaban J connectivity index is 1.68. The van der Waals surface area contributed by atoms with Crippen molar-refractivity contribution in [3.05, 3.63) is 58.6 Å². The van der Waals surface area contributed by atoms with Crippen molar-refractivity contribution in [1.82, 2.24) is 20.3 Å². The Hall–Kier alpha value is -2.44. The van der Waals surface area contributed by atoms with Crippen molar-refractivity contribution in [1.29, 1.82) is 0 Å². The third-order valence-corrected chi connectivity index (χ3v) is 4.00. The first kappa shape index (κ1) is 16.4. The summed E-state index contributed by atoms with van der Waals surface area (Å²) in [5, 5.41) is 21.5. The summed E-state index contributed by atoms with van der Waals surface area (Å²) in [7, 11) is 0. The Bertz CT molecular complexity index is 878. The summed E-state index contributed by atoms with van der Waals surface area (Å²) in [6.45, 7) is 2.79. The average molecular weight is 345 g/mol. The van der Waals surface area contributed by atoms with Gasteiger partial charge in [0, 0.05) is 23.7 Å². The van der Waals surface area contributed by atoms with Gasteiger partial charge in [-0.05, 0) is 42.8 Å². The fourth-order valence-electron chi connectivity index (χ4n) is 2.47. The van der Waals surface area contributed by atoms with Gasteiger partial charge < -0.3 is 10.4 Å². The highest BCUT2D eigenvalue weighted by Crippen LogP contribution is 2.17. The molecule has 0 unspecified atom stereocenters. The standard InChI is InChI=1S/C17H17ClN4O2/c1-2-22-15-7-6-12(9-14(15)20-21-22)17(24)19-10-16(23)11-4-3-5-13(18)8-11/h3-9,16,23H,2,10H2,1H3,(H,19,24)/t16-/m0/s1. The van der Waals surface area contributed by atoms with Crippen LogP contribution in [0.25, 0.3) is 11.0 Å². The van der Waals surface area contributed by atoms with Crippen molar-refractivity contribution in [3.63, 3.8) is 0 Å². The molecule has 24 heavy (non-hydrogen) atoms. The summed E-state index contributed by atoms with van der Waals surface area (Å²) in [5.41, 5.74) is 2.68. The van der Waals surface area contributed by atoms with Crippen molar-refractivity contribution < 1.29 is 9.90 Å². The van der Waals surface area contributed by atoms with Gasteiger partial charge in [-0.15, -0.1) is 5.10 Å². The fourth-order valence-corrected chi connectivity index (χ4v) is 2.67. The first-order valence-corrected chi connectivity index (χ1v) is 8.01. The largest absolute Gasteiger partial charge is 0.387 e. The molecule has 1 aromatic heterocycles. The number of fused-ring (bicyclic) bond motifs is 1. The van der Waals surface area contributed by atoms with Gasteiger partial charge in [-0.2, -0.15) is 0 Å². The molecule has 1 atom stereocenters. The van der Waals surface area contributed by atoms with Gasteiger partial charge in [0.05, 0.1) is 11.6 Å². The number of rotatable bonds is 5. The predicted molar refractivity (Wildman–Crippen MR) is 91.9 cm³/mol. The van der Waals surface area contributed by atoms with E-state index in [1.54, 1.807) is 41.1 Å². The number of halogens is 1. The molecule has 3 rings (SSSR count). The van der Waals surface area contributed by atoms with Gasteiger partial charge in [0.15, 0.2) is 0 Å². The molecule has 0 aliphatic carbocycles. The van der Waals surface area contributed by atoms with Crippen molar-refractivity contribution >= 4 is 28.5 Å². The lowest BCUT2D eigenvalue weighted by molar-refractivity contribution is 0.0916. The molecule has 0 aliphatic rings. The number of carbonyl (C=O) groups is 1. The lowest BCUT2D eigenvalue weighted by Crippen LogP contribution is -2.28. The number of aliphatic hydroxyl groups is 1. The molecule has 0 radical (unpaired) electrons. The van der Waals surface area contributed by atoms with E-state index in [0.29, 0.717) is 28.2 Å². The van der Waals surface area contributed by atoms with Gasteiger partial charge in [0.1, 0.15) is 5.52 Å². The van der Waals surface area contributed by atoms with E-state index in [9.17, 15) is 9.90 Å². The van der Waals surface area contributed by atoms with Crippen LogP contribution in [0.5, 0.6) is 0 Å². The van der Waals surface area contributed by atoms with E-state index < -0.39 is 6.10 Å². The molecule has 1 heterocycles. The molecule has 6 nitrogen and oxygen atoms in total. The quantitative estimate of drug-likeness (QED) is 0.745. The minimum atomic E-state index is -0.822. The molecule has 2 aromatic carbocycles. The molecule has 7 heteroatoms. The van der Waals surface area contributed by atoms with Crippen LogP contribution >= 0.6 is 11.6 Å². The first-order chi connectivity index (χ1) is 11.6. The number of aryl methyl sites for hydroxylation is 1. The highest BCUT2D eigenvalue weighted by atomic mass is 35.5. The second-order valence-electron chi connectivity index (χ2n) is 5.39. The molecule has 0 aliphatic heterocycles. The van der Waals surface area contributed by atoms with Crippen molar-refractivity contribution in [2.24, 2.45) is 0 Å². The molecule has 0 bridgehead atoms. The molecule has 0 saturated heterocycles. The van der Waals surface area contributed by atoms with Crippen LogP contribution in [-0.4, -0.2) is 32.6 Å². The minimum Gasteiger partial charge on any atom is -0.387 e. The summed E-state index contributed by atoms with van der Waals surface area (Å²) in [6.07, 6.45) is -0.822. The van der Waals surface area contributed by atoms with Gasteiger partial charge in [0.2, 0.25) is 0 Å². The number of nitrogens with one attached hydrogen (secondary N) is 1. The van der Waals surface area contributed by atoms with Gasteiger partial charge in [-0.1, -0.05) is 28.9 Å². The van der Waals surface area contributed by atoms with Crippen molar-refractivity contribution in [2.45, 2.75) is 19.6 Å². The molecule has 0 fully saturated rings. The van der Waals surface area contributed by atoms with Gasteiger partial charge in [-0.3, -0.25) is 4.79 Å². The van der Waals surface area contributed by atoms with E-state index in [-0.39, 0.29) is 12.5 Å². The maximum atomic E-state index is 12.3. The Labute approximate surface area is 144 Å². The normalized spacial score (nSPS) is 12.3. The number of amides is 1. The topological polar surface area (TPSA) is 80.0 Å². The number of hydrogen-bond donors (Lipinski definition) is 2. The van der Waals surface area contributed by atoms with Gasteiger partial charge in [0.25, 0.3) is 5.91 Å². The molecule has 124 valence electrons. The zero-order chi connectivity index (χ0) is 17.1. The first-order valence-electron chi connectivity index (χ1n) is 7.63. The Morgan fingerprint density at radius 2 is 2.17 bits per heavy atom. The zero-order valence-electron chi connectivity index (χ0n) is 13.1. The number of hydrogen-bond acceptors (Lipinski definition) is 4. The zero-order valence-corrected chi connectivity index (χ0v) is 13.9. The van der Waals surface area contributed by atoms with E-state index in [4.69, 9.17) is 11.6 Å². The summed E-state index contributed by atoms with van der Waals surface area (Å²) in [6, 6.07) is 12.2. The van der Waals surface area contributed by atoms with Crippen LogP contribution in [0.4, 0.5) is 0 Å². The van der Waals surface area contributed by atoms with Gasteiger partial charge >= 0.3 is 0 Å². The second kappa shape index (κ2) is 6.98. The van der Waals surface area contributed by atoms with Crippen molar-refractivity contribution in [2.75, 3.05) is 6.54 Å². The molecular formula is C17H17ClN4O2. The number of nitrogens with zero attached hydrogens (tertiary/aromatic N) is 3. The van der Waals surface area contributed by atoms with E-state index in [2.05, 4.69) is 15.6 Å². The van der Waals surface area contributed by atoms with E-state index in [1.807, 2.05) is 13.0 Å². The van der Waals surface area contributed by atoms with E-state index in [1.165, 1.54) is 0 Å². The molecule has 0 saturated carbocycles. The van der Waals surface area contributed by atoms with Gasteiger partial charge in [-0.25, -0.2) is 4.68 Å². The van der Waals surface area contributed by atoms with E-state index >= 15 is 0 Å². The molecule has 3 aromatic rings. The summed E-state index contributed by atoms with van der Waals surface area (Å²) < 4.78 is 1.76. The average Bonchev–Trinajstić information content (AvgIpc) is 3.01. The number of aromatic nitrogens is 3. The highest BCUT2D eigenvalue weighted by molar-refractivity contribution is 6.30. The van der Waals surface area contributed by atoms with E-state index in [0.717, 1.165) is 5.52 Å². The highest BCUT2D eigenvalue weighted by Gasteiger charge is 2.13. The number of benzene rings is 2. The van der Waals surface area contributed by atoms with Crippen LogP contribution in [0.3, 0.4) is 0 Å². The Morgan fingerprint density at radius 1 is 1.33 bits per heavy atom. The Morgan fingerprint density at radius 3 is 2.92 bits per heavy atom. The van der Waals surface area contributed by atoms with Crippen LogP contribution in [0.1, 0.15) is 28.9 Å². The summed E-state index contributed by atoms with van der Waals surface area (Å²) >= 11 is 5.90. The lowest BCUT2D eigenvalue weighted by atomic mass is 10.1. The molecular weight excluding hydrogens is 328 g/mol. The SMILES string of the molecule is CCn1nnc2cc(C(=O)NC[C@H](O)c3cccc(Cl)c3)ccc21. The predicted octanol–water partition coefficient (Wildman–Crippen LogP) is 2.57. The minimum absolute atomic E-state index is 0.0961. The summed E-state index contributed by atoms with van der Waals surface area (Å²) in [5.74, 6) is -0.274. The monoisotopic (exact) mass is 344 g/mol. The molecule has 2 N–H and O–H groups in total. The fraction of sp³-hybridized carbons (Fsp3) is 0.235. The van der Waals surface area contributed by atoms with Crippen LogP contribution in [-0.2, 0) is 6.54 Å². The lowest BCUT2D eigenvalue weighted by Gasteiger charge is -2.12. The van der Waals surface area contributed by atoms with Crippen LogP contribution < -0.4 is 5.32 Å². The third-order valence-electron chi connectivity index (χ3n) is 3.77. The number of carbonyl (C=O) groups excluding carboxylic acids is 1. The van der Waals surface area contributed by atoms with Crippen LogP contribution in [0, 0.1) is 0 Å². The maximum absolute atomic E-state index is 12.3. The second-order valence-corrected chi connectivity index (χ2v) is 5.83. The molecule has 0 spiro atoms. The third kappa shape index (κ3) is 3.39. The smallest absolute Gasteiger partial charge is 0.251 e. The summed E-state index contributed by atoms with van der Waals surface area (Å²) in [4.78, 5) is 12.3. The maximum Gasteiger partial charge on any atom is 0.251 e.